The Labute approximate surface area is 128 Å². The Bertz CT molecular complexity index is 427. The van der Waals surface area contributed by atoms with Crippen molar-refractivity contribution in [1.29, 1.82) is 0 Å². The fraction of sp³-hybridized carbons (Fsp3) is 0.667. The van der Waals surface area contributed by atoms with E-state index in [2.05, 4.69) is 19.2 Å². The molecule has 1 atom stereocenters. The molecule has 1 aromatic carbocycles. The van der Waals surface area contributed by atoms with Gasteiger partial charge in [-0.05, 0) is 44.0 Å². The molecule has 0 aliphatic heterocycles. The molecule has 1 fully saturated rings. The Morgan fingerprint density at radius 1 is 1.19 bits per heavy atom. The van der Waals surface area contributed by atoms with Gasteiger partial charge in [-0.3, -0.25) is 0 Å². The molecule has 3 heteroatoms. The standard InChI is InChI=1S/C18H28FNO/c1-3-20-17(15-10-9-11-16(19)14-15)18(21-4-2)12-7-5-6-8-13-18/h9-11,14,17,20H,3-8,12-13H2,1-2H3. The molecule has 21 heavy (non-hydrogen) atoms. The molecule has 0 heterocycles. The molecule has 1 N–H and O–H groups in total. The molecule has 0 saturated heterocycles. The van der Waals surface area contributed by atoms with Gasteiger partial charge in [-0.2, -0.15) is 0 Å². The minimum absolute atomic E-state index is 0.0660. The molecule has 118 valence electrons. The first kappa shape index (κ1) is 16.4. The lowest BCUT2D eigenvalue weighted by molar-refractivity contribution is -0.0779. The first-order valence-corrected chi connectivity index (χ1v) is 8.34. The summed E-state index contributed by atoms with van der Waals surface area (Å²) in [7, 11) is 0. The van der Waals surface area contributed by atoms with Crippen molar-refractivity contribution >= 4 is 0 Å². The summed E-state index contributed by atoms with van der Waals surface area (Å²) >= 11 is 0. The minimum atomic E-state index is -0.199. The highest BCUT2D eigenvalue weighted by Crippen LogP contribution is 2.40. The maximum absolute atomic E-state index is 13.7. The zero-order valence-electron chi connectivity index (χ0n) is 13.3. The molecule has 0 spiro atoms. The van der Waals surface area contributed by atoms with E-state index >= 15 is 0 Å². The van der Waals surface area contributed by atoms with E-state index in [9.17, 15) is 4.39 Å². The highest BCUT2D eigenvalue weighted by molar-refractivity contribution is 5.24. The molecule has 0 bridgehead atoms. The van der Waals surface area contributed by atoms with Gasteiger partial charge < -0.3 is 10.1 Å². The number of rotatable bonds is 6. The Kier molecular flexibility index (Phi) is 6.19. The van der Waals surface area contributed by atoms with Crippen molar-refractivity contribution in [2.45, 2.75) is 64.0 Å². The molecule has 0 radical (unpaired) electrons. The van der Waals surface area contributed by atoms with Gasteiger partial charge in [0.05, 0.1) is 11.6 Å². The quantitative estimate of drug-likeness (QED) is 0.774. The van der Waals surface area contributed by atoms with Crippen LogP contribution in [0.15, 0.2) is 24.3 Å². The number of ether oxygens (including phenoxy) is 1. The predicted octanol–water partition coefficient (Wildman–Crippen LogP) is 4.61. The Balaban J connectivity index is 2.35. The van der Waals surface area contributed by atoms with Crippen molar-refractivity contribution in [2.75, 3.05) is 13.2 Å². The predicted molar refractivity (Wildman–Crippen MR) is 84.9 cm³/mol. The second-order valence-electron chi connectivity index (χ2n) is 5.96. The summed E-state index contributed by atoms with van der Waals surface area (Å²) in [4.78, 5) is 0. The maximum atomic E-state index is 13.7. The SMILES string of the molecule is CCNC(c1cccc(F)c1)C1(OCC)CCCCCC1. The molecule has 2 rings (SSSR count). The monoisotopic (exact) mass is 293 g/mol. The first-order chi connectivity index (χ1) is 10.2. The Morgan fingerprint density at radius 3 is 2.48 bits per heavy atom. The fourth-order valence-electron chi connectivity index (χ4n) is 3.63. The largest absolute Gasteiger partial charge is 0.373 e. The molecule has 1 aliphatic carbocycles. The van der Waals surface area contributed by atoms with E-state index in [0.29, 0.717) is 6.61 Å². The van der Waals surface area contributed by atoms with Crippen LogP contribution in [0.2, 0.25) is 0 Å². The summed E-state index contributed by atoms with van der Waals surface area (Å²) in [6.45, 7) is 5.72. The average molecular weight is 293 g/mol. The van der Waals surface area contributed by atoms with Gasteiger partial charge >= 0.3 is 0 Å². The van der Waals surface area contributed by atoms with Gasteiger partial charge in [0.25, 0.3) is 0 Å². The topological polar surface area (TPSA) is 21.3 Å². The molecular weight excluding hydrogens is 265 g/mol. The van der Waals surface area contributed by atoms with Gasteiger partial charge in [-0.15, -0.1) is 0 Å². The van der Waals surface area contributed by atoms with Crippen LogP contribution in [0, 0.1) is 5.82 Å². The summed E-state index contributed by atoms with van der Waals surface area (Å²) in [5.41, 5.74) is 0.807. The minimum Gasteiger partial charge on any atom is -0.373 e. The van der Waals surface area contributed by atoms with E-state index < -0.39 is 0 Å². The van der Waals surface area contributed by atoms with Crippen molar-refractivity contribution in [1.82, 2.24) is 5.32 Å². The van der Waals surface area contributed by atoms with Gasteiger partial charge in [0.15, 0.2) is 0 Å². The highest BCUT2D eigenvalue weighted by Gasteiger charge is 2.40. The lowest BCUT2D eigenvalue weighted by Gasteiger charge is -2.41. The zero-order valence-corrected chi connectivity index (χ0v) is 13.3. The second-order valence-corrected chi connectivity index (χ2v) is 5.96. The molecule has 1 aromatic rings. The van der Waals surface area contributed by atoms with Crippen LogP contribution in [-0.2, 0) is 4.74 Å². The summed E-state index contributed by atoms with van der Waals surface area (Å²) in [6.07, 6.45) is 7.03. The molecule has 1 unspecified atom stereocenters. The van der Waals surface area contributed by atoms with E-state index in [4.69, 9.17) is 4.74 Å². The first-order valence-electron chi connectivity index (χ1n) is 8.34. The van der Waals surface area contributed by atoms with Gasteiger partial charge in [-0.1, -0.05) is 44.7 Å². The Hall–Kier alpha value is -0.930. The number of nitrogens with one attached hydrogen (secondary N) is 1. The molecule has 1 saturated carbocycles. The van der Waals surface area contributed by atoms with Crippen molar-refractivity contribution < 1.29 is 9.13 Å². The smallest absolute Gasteiger partial charge is 0.123 e. The second kappa shape index (κ2) is 7.90. The maximum Gasteiger partial charge on any atom is 0.123 e. The van der Waals surface area contributed by atoms with Gasteiger partial charge in [0.2, 0.25) is 0 Å². The molecule has 2 nitrogen and oxygen atoms in total. The molecule has 1 aliphatic rings. The van der Waals surface area contributed by atoms with Gasteiger partial charge in [0.1, 0.15) is 5.82 Å². The van der Waals surface area contributed by atoms with Crippen LogP contribution in [0.4, 0.5) is 4.39 Å². The summed E-state index contributed by atoms with van der Waals surface area (Å²) in [6, 6.07) is 7.04. The number of hydrogen-bond donors (Lipinski definition) is 1. The molecule has 0 aromatic heterocycles. The van der Waals surface area contributed by atoms with Crippen molar-refractivity contribution in [3.05, 3.63) is 35.6 Å². The van der Waals surface area contributed by atoms with Crippen molar-refractivity contribution in [3.63, 3.8) is 0 Å². The fourth-order valence-corrected chi connectivity index (χ4v) is 3.63. The van der Waals surface area contributed by atoms with Crippen LogP contribution in [0.5, 0.6) is 0 Å². The van der Waals surface area contributed by atoms with Crippen LogP contribution >= 0.6 is 0 Å². The van der Waals surface area contributed by atoms with Crippen molar-refractivity contribution in [2.24, 2.45) is 0 Å². The third kappa shape index (κ3) is 4.04. The third-order valence-corrected chi connectivity index (χ3v) is 4.50. The van der Waals surface area contributed by atoms with Gasteiger partial charge in [0, 0.05) is 6.61 Å². The Morgan fingerprint density at radius 2 is 1.90 bits per heavy atom. The third-order valence-electron chi connectivity index (χ3n) is 4.50. The highest BCUT2D eigenvalue weighted by atomic mass is 19.1. The summed E-state index contributed by atoms with van der Waals surface area (Å²) < 4.78 is 19.9. The zero-order chi connectivity index (χ0) is 15.1. The lowest BCUT2D eigenvalue weighted by atomic mass is 9.82. The van der Waals surface area contributed by atoms with Crippen LogP contribution < -0.4 is 5.32 Å². The van der Waals surface area contributed by atoms with E-state index in [-0.39, 0.29) is 17.5 Å². The van der Waals surface area contributed by atoms with E-state index in [1.807, 2.05) is 6.07 Å². The van der Waals surface area contributed by atoms with E-state index in [1.165, 1.54) is 31.7 Å². The number of likely N-dealkylation sites (N-methyl/N-ethyl adjacent to an activating group) is 1. The van der Waals surface area contributed by atoms with Gasteiger partial charge in [-0.25, -0.2) is 4.39 Å². The molecule has 0 amide bonds. The normalized spacial score (nSPS) is 20.0. The van der Waals surface area contributed by atoms with E-state index in [1.54, 1.807) is 12.1 Å². The van der Waals surface area contributed by atoms with Crippen LogP contribution in [0.25, 0.3) is 0 Å². The lowest BCUT2D eigenvalue weighted by Crippen LogP contribution is -2.46. The van der Waals surface area contributed by atoms with Crippen LogP contribution in [-0.4, -0.2) is 18.8 Å². The summed E-state index contributed by atoms with van der Waals surface area (Å²) in [5, 5.41) is 3.56. The van der Waals surface area contributed by atoms with Crippen LogP contribution in [0.1, 0.15) is 64.0 Å². The average Bonchev–Trinajstić information content (AvgIpc) is 2.71. The number of hydrogen-bond acceptors (Lipinski definition) is 2. The van der Waals surface area contributed by atoms with Crippen molar-refractivity contribution in [3.8, 4) is 0 Å². The summed E-state index contributed by atoms with van der Waals surface area (Å²) in [5.74, 6) is -0.171. The number of halogens is 1. The number of benzene rings is 1. The van der Waals surface area contributed by atoms with E-state index in [0.717, 1.165) is 24.9 Å². The molecular formula is C18H28FNO. The van der Waals surface area contributed by atoms with Crippen LogP contribution in [0.3, 0.4) is 0 Å².